The topological polar surface area (TPSA) is 121 Å². The molecule has 2 aromatic carbocycles. The van der Waals surface area contributed by atoms with E-state index in [2.05, 4.69) is 25.2 Å². The highest BCUT2D eigenvalue weighted by atomic mass is 32.1. The molecule has 1 fully saturated rings. The Hall–Kier alpha value is -4.25. The third-order valence-corrected chi connectivity index (χ3v) is 8.62. The van der Waals surface area contributed by atoms with Crippen LogP contribution in [-0.4, -0.2) is 65.0 Å². The number of ether oxygens (including phenoxy) is 1. The summed E-state index contributed by atoms with van der Waals surface area (Å²) in [6, 6.07) is 11.0. The van der Waals surface area contributed by atoms with Crippen LogP contribution in [-0.2, 0) is 6.42 Å². The molecular formula is C29H30N6O4S. The van der Waals surface area contributed by atoms with E-state index in [0.717, 1.165) is 82.3 Å². The minimum absolute atomic E-state index is 0.0642. The molecule has 2 aliphatic heterocycles. The summed E-state index contributed by atoms with van der Waals surface area (Å²) in [5.41, 5.74) is 4.36. The predicted molar refractivity (Wildman–Crippen MR) is 155 cm³/mol. The van der Waals surface area contributed by atoms with Crippen LogP contribution in [0.3, 0.4) is 0 Å². The molecule has 2 aromatic heterocycles. The maximum Gasteiger partial charge on any atom is 0.321 e. The number of nitrogens with one attached hydrogen (secondary N) is 2. The van der Waals surface area contributed by atoms with Crippen molar-refractivity contribution in [2.75, 3.05) is 43.5 Å². The van der Waals surface area contributed by atoms with E-state index >= 15 is 0 Å². The molecule has 0 saturated carbocycles. The summed E-state index contributed by atoms with van der Waals surface area (Å²) in [7, 11) is 1.64. The summed E-state index contributed by atoms with van der Waals surface area (Å²) in [5, 5.41) is 3.05. The first kappa shape index (κ1) is 26.0. The number of rotatable bonds is 6. The number of H-pyrrole nitrogens is 1. The number of aromatic amines is 1. The van der Waals surface area contributed by atoms with Crippen LogP contribution in [0.1, 0.15) is 40.0 Å². The number of fused-ring (bicyclic) bond motifs is 2. The average molecular weight is 559 g/mol. The SMILES string of the molecule is COc1ccc2c(c1)CCN(CC1CCN(c3cc(C(=O)c4cc(C)c5[nH]c(=O)sc5c4)ncn3)CC1)C(=O)N2. The molecule has 6 rings (SSSR count). The van der Waals surface area contributed by atoms with Crippen LogP contribution in [0.25, 0.3) is 10.2 Å². The number of aryl methyl sites for hydroxylation is 1. The van der Waals surface area contributed by atoms with Gasteiger partial charge in [0, 0.05) is 43.5 Å². The van der Waals surface area contributed by atoms with Gasteiger partial charge in [0.1, 0.15) is 23.6 Å². The predicted octanol–water partition coefficient (Wildman–Crippen LogP) is 4.23. The molecule has 0 aliphatic carbocycles. The zero-order chi connectivity index (χ0) is 27.8. The second kappa shape index (κ2) is 10.7. The van der Waals surface area contributed by atoms with Gasteiger partial charge in [-0.05, 0) is 73.6 Å². The van der Waals surface area contributed by atoms with Gasteiger partial charge in [0.15, 0.2) is 0 Å². The number of methoxy groups -OCH3 is 1. The zero-order valence-electron chi connectivity index (χ0n) is 22.4. The number of anilines is 2. The maximum absolute atomic E-state index is 13.3. The Morgan fingerprint density at radius 1 is 1.10 bits per heavy atom. The summed E-state index contributed by atoms with van der Waals surface area (Å²) in [4.78, 5) is 53.4. The van der Waals surface area contributed by atoms with E-state index in [4.69, 9.17) is 4.74 Å². The van der Waals surface area contributed by atoms with Crippen molar-refractivity contribution in [1.29, 1.82) is 0 Å². The summed E-state index contributed by atoms with van der Waals surface area (Å²) >= 11 is 1.09. The van der Waals surface area contributed by atoms with Crippen LogP contribution in [0, 0.1) is 12.8 Å². The van der Waals surface area contributed by atoms with Crippen LogP contribution < -0.4 is 19.8 Å². The summed E-state index contributed by atoms with van der Waals surface area (Å²) in [6.45, 7) is 4.80. The number of nitrogens with zero attached hydrogens (tertiary/aromatic N) is 4. The zero-order valence-corrected chi connectivity index (χ0v) is 23.2. The molecule has 206 valence electrons. The van der Waals surface area contributed by atoms with Crippen LogP contribution in [0.4, 0.5) is 16.3 Å². The van der Waals surface area contributed by atoms with Crippen molar-refractivity contribution in [1.82, 2.24) is 19.9 Å². The fourth-order valence-corrected chi connectivity index (χ4v) is 6.41. The molecule has 0 spiro atoms. The second-order valence-electron chi connectivity index (χ2n) is 10.4. The molecule has 0 unspecified atom stereocenters. The number of hydrogen-bond acceptors (Lipinski definition) is 8. The van der Waals surface area contributed by atoms with E-state index in [1.54, 1.807) is 25.3 Å². The monoisotopic (exact) mass is 558 g/mol. The lowest BCUT2D eigenvalue weighted by Gasteiger charge is -2.35. The van der Waals surface area contributed by atoms with Crippen molar-refractivity contribution < 1.29 is 14.3 Å². The van der Waals surface area contributed by atoms with E-state index in [0.29, 0.717) is 30.3 Å². The molecule has 40 heavy (non-hydrogen) atoms. The van der Waals surface area contributed by atoms with Crippen molar-refractivity contribution in [2.24, 2.45) is 5.92 Å². The number of aromatic nitrogens is 3. The molecule has 1 saturated heterocycles. The van der Waals surface area contributed by atoms with Gasteiger partial charge < -0.3 is 24.8 Å². The molecular weight excluding hydrogens is 528 g/mol. The minimum Gasteiger partial charge on any atom is -0.497 e. The highest BCUT2D eigenvalue weighted by molar-refractivity contribution is 7.16. The lowest BCUT2D eigenvalue weighted by molar-refractivity contribution is 0.103. The number of carbonyl (C=O) groups excluding carboxylic acids is 2. The lowest BCUT2D eigenvalue weighted by atomic mass is 9.96. The Kier molecular flexibility index (Phi) is 6.97. The maximum atomic E-state index is 13.3. The third-order valence-electron chi connectivity index (χ3n) is 7.79. The smallest absolute Gasteiger partial charge is 0.321 e. The number of urea groups is 1. The molecule has 10 nitrogen and oxygen atoms in total. The summed E-state index contributed by atoms with van der Waals surface area (Å²) in [6.07, 6.45) is 4.04. The first-order valence-corrected chi connectivity index (χ1v) is 14.2. The van der Waals surface area contributed by atoms with Gasteiger partial charge in [-0.1, -0.05) is 11.3 Å². The number of carbonyl (C=O) groups is 2. The molecule has 11 heteroatoms. The standard InChI is InChI=1S/C29H30N6O4S/c1-17-11-20(13-24-26(17)33-29(38)40-24)27(36)23-14-25(31-16-30-23)34-8-5-18(6-9-34)15-35-10-7-19-12-21(39-2)3-4-22(19)32-28(35)37/h3-4,11-14,16,18H,5-10,15H2,1-2H3,(H,32,37)(H,33,38). The normalized spacial score (nSPS) is 16.0. The fraction of sp³-hybridized carbons (Fsp3) is 0.345. The number of ketones is 1. The van der Waals surface area contributed by atoms with Gasteiger partial charge >= 0.3 is 10.9 Å². The quantitative estimate of drug-likeness (QED) is 0.340. The average Bonchev–Trinajstić information content (AvgIpc) is 3.29. The Morgan fingerprint density at radius 3 is 2.73 bits per heavy atom. The first-order chi connectivity index (χ1) is 19.4. The van der Waals surface area contributed by atoms with E-state index in [9.17, 15) is 14.4 Å². The van der Waals surface area contributed by atoms with Gasteiger partial charge in [-0.3, -0.25) is 9.59 Å². The Balaban J connectivity index is 1.09. The minimum atomic E-state index is -0.199. The van der Waals surface area contributed by atoms with Gasteiger partial charge in [0.25, 0.3) is 0 Å². The largest absolute Gasteiger partial charge is 0.497 e. The van der Waals surface area contributed by atoms with Gasteiger partial charge in [-0.25, -0.2) is 14.8 Å². The van der Waals surface area contributed by atoms with Crippen LogP contribution in [0.2, 0.25) is 0 Å². The number of thiazole rings is 1. The summed E-state index contributed by atoms with van der Waals surface area (Å²) in [5.74, 6) is 1.69. The third kappa shape index (κ3) is 5.16. The van der Waals surface area contributed by atoms with Crippen molar-refractivity contribution in [3.8, 4) is 5.75 Å². The van der Waals surface area contributed by atoms with Gasteiger partial charge in [-0.2, -0.15) is 0 Å². The van der Waals surface area contributed by atoms with Crippen LogP contribution in [0.15, 0.2) is 47.5 Å². The van der Waals surface area contributed by atoms with Crippen LogP contribution in [0.5, 0.6) is 5.75 Å². The Bertz CT molecular complexity index is 1660. The van der Waals surface area contributed by atoms with Crippen LogP contribution >= 0.6 is 11.3 Å². The lowest BCUT2D eigenvalue weighted by Crippen LogP contribution is -2.42. The molecule has 4 heterocycles. The van der Waals surface area contributed by atoms with E-state index in [-0.39, 0.29) is 16.7 Å². The molecule has 2 amide bonds. The number of amides is 2. The second-order valence-corrected chi connectivity index (χ2v) is 11.4. The molecule has 0 atom stereocenters. The Labute approximate surface area is 235 Å². The van der Waals surface area contributed by atoms with Gasteiger partial charge in [0.05, 0.1) is 17.3 Å². The molecule has 2 aliphatic rings. The Morgan fingerprint density at radius 2 is 1.93 bits per heavy atom. The summed E-state index contributed by atoms with van der Waals surface area (Å²) < 4.78 is 6.09. The first-order valence-electron chi connectivity index (χ1n) is 13.4. The van der Waals surface area contributed by atoms with Crippen molar-refractivity contribution in [3.05, 3.63) is 74.8 Å². The van der Waals surface area contributed by atoms with Crippen molar-refractivity contribution in [3.63, 3.8) is 0 Å². The molecule has 0 radical (unpaired) electrons. The molecule has 4 aromatic rings. The number of benzene rings is 2. The van der Waals surface area contributed by atoms with E-state index < -0.39 is 0 Å². The highest BCUT2D eigenvalue weighted by Gasteiger charge is 2.27. The van der Waals surface area contributed by atoms with Crippen molar-refractivity contribution >= 4 is 44.9 Å². The molecule has 0 bridgehead atoms. The highest BCUT2D eigenvalue weighted by Crippen LogP contribution is 2.28. The van der Waals surface area contributed by atoms with E-state index in [1.807, 2.05) is 30.0 Å². The van der Waals surface area contributed by atoms with Gasteiger partial charge in [-0.15, -0.1) is 0 Å². The van der Waals surface area contributed by atoms with Crippen molar-refractivity contribution in [2.45, 2.75) is 26.2 Å². The number of piperidine rings is 1. The fourth-order valence-electron chi connectivity index (χ4n) is 5.55. The van der Waals surface area contributed by atoms with Gasteiger partial charge in [0.2, 0.25) is 5.78 Å². The van der Waals surface area contributed by atoms with E-state index in [1.165, 1.54) is 6.33 Å². The number of hydrogen-bond donors (Lipinski definition) is 2. The molecule has 2 N–H and O–H groups in total.